The summed E-state index contributed by atoms with van der Waals surface area (Å²) in [6.07, 6.45) is 13.1. The molecule has 0 fully saturated rings. The molecule has 0 aromatic carbocycles. The van der Waals surface area contributed by atoms with Crippen LogP contribution in [0.2, 0.25) is 0 Å². The van der Waals surface area contributed by atoms with E-state index >= 15 is 0 Å². The minimum absolute atomic E-state index is 0.302. The predicted octanol–water partition coefficient (Wildman–Crippen LogP) is 2.97. The summed E-state index contributed by atoms with van der Waals surface area (Å²) in [6, 6.07) is 0. The highest BCUT2D eigenvalue weighted by atomic mass is 19.1. The summed E-state index contributed by atoms with van der Waals surface area (Å²) in [5, 5.41) is 0. The fourth-order valence-electron chi connectivity index (χ4n) is 3.15. The Morgan fingerprint density at radius 2 is 2.04 bits per heavy atom. The van der Waals surface area contributed by atoms with Crippen molar-refractivity contribution in [2.45, 2.75) is 32.7 Å². The summed E-state index contributed by atoms with van der Waals surface area (Å²) >= 11 is 0. The maximum atomic E-state index is 14.1. The van der Waals surface area contributed by atoms with Crippen LogP contribution in [-0.4, -0.2) is 36.2 Å². The largest absolute Gasteiger partial charge is 0.324 e. The Morgan fingerprint density at radius 1 is 1.16 bits per heavy atom. The number of aliphatic imine (C=N–C) groups is 1. The summed E-state index contributed by atoms with van der Waals surface area (Å²) in [7, 11) is 0. The first-order chi connectivity index (χ1) is 12.3. The van der Waals surface area contributed by atoms with Gasteiger partial charge in [-0.15, -0.1) is 0 Å². The Kier molecular flexibility index (Phi) is 4.13. The van der Waals surface area contributed by atoms with Gasteiger partial charge in [-0.25, -0.2) is 19.3 Å². The average Bonchev–Trinajstić information content (AvgIpc) is 3.27. The second-order valence-corrected chi connectivity index (χ2v) is 6.03. The molecule has 7 heteroatoms. The lowest BCUT2D eigenvalue weighted by molar-refractivity contribution is 0.658. The van der Waals surface area contributed by atoms with Gasteiger partial charge in [-0.3, -0.25) is 9.39 Å². The predicted molar refractivity (Wildman–Crippen MR) is 93.5 cm³/mol. The van der Waals surface area contributed by atoms with Crippen LogP contribution >= 0.6 is 0 Å². The molecular formula is C18H19FN6. The van der Waals surface area contributed by atoms with Crippen molar-refractivity contribution in [3.63, 3.8) is 0 Å². The van der Waals surface area contributed by atoms with E-state index in [1.807, 2.05) is 21.4 Å². The maximum absolute atomic E-state index is 14.1. The third kappa shape index (κ3) is 2.86. The Balaban J connectivity index is 1.73. The first-order valence-corrected chi connectivity index (χ1v) is 8.49. The third-order valence-corrected chi connectivity index (χ3v) is 4.32. The molecule has 0 saturated carbocycles. The van der Waals surface area contributed by atoms with Gasteiger partial charge in [-0.2, -0.15) is 0 Å². The lowest BCUT2D eigenvalue weighted by Crippen LogP contribution is -2.16. The molecule has 0 amide bonds. The summed E-state index contributed by atoms with van der Waals surface area (Å²) < 4.78 is 18.0. The number of allylic oxidation sites excluding steroid dienone is 1. The summed E-state index contributed by atoms with van der Waals surface area (Å²) in [6.45, 7) is 3.24. The Labute approximate surface area is 144 Å². The molecule has 0 aliphatic carbocycles. The summed E-state index contributed by atoms with van der Waals surface area (Å²) in [5.74, 6) is 0.241. The molecule has 128 valence electrons. The van der Waals surface area contributed by atoms with Gasteiger partial charge in [0, 0.05) is 36.9 Å². The SMILES string of the molecule is CCCc1c(Cn2ccnc2C2=NCCC=C2F)ncn2ccnc12. The normalized spacial score (nSPS) is 14.6. The van der Waals surface area contributed by atoms with Crippen LogP contribution in [0.4, 0.5) is 4.39 Å². The fourth-order valence-corrected chi connectivity index (χ4v) is 3.15. The molecule has 0 atom stereocenters. The molecule has 0 saturated heterocycles. The zero-order valence-corrected chi connectivity index (χ0v) is 14.1. The first-order valence-electron chi connectivity index (χ1n) is 8.49. The zero-order chi connectivity index (χ0) is 17.2. The molecule has 0 radical (unpaired) electrons. The topological polar surface area (TPSA) is 60.4 Å². The Morgan fingerprint density at radius 3 is 2.88 bits per heavy atom. The van der Waals surface area contributed by atoms with E-state index in [0.717, 1.165) is 29.7 Å². The monoisotopic (exact) mass is 338 g/mol. The van der Waals surface area contributed by atoms with E-state index in [2.05, 4.69) is 26.9 Å². The van der Waals surface area contributed by atoms with Crippen molar-refractivity contribution in [1.82, 2.24) is 23.9 Å². The number of imidazole rings is 2. The average molecular weight is 338 g/mol. The Hall–Kier alpha value is -2.83. The number of rotatable bonds is 5. The minimum Gasteiger partial charge on any atom is -0.324 e. The van der Waals surface area contributed by atoms with Gasteiger partial charge >= 0.3 is 0 Å². The number of hydrogen-bond donors (Lipinski definition) is 0. The standard InChI is InChI=1S/C18H19FN6/c1-2-4-13-15(23-12-25-10-8-21-17(13)25)11-24-9-7-22-18(24)16-14(19)5-3-6-20-16/h5,7-10,12H,2-4,6,11H2,1H3. The smallest absolute Gasteiger partial charge is 0.161 e. The van der Waals surface area contributed by atoms with Crippen molar-refractivity contribution in [1.29, 1.82) is 0 Å². The van der Waals surface area contributed by atoms with Crippen molar-refractivity contribution in [2.24, 2.45) is 4.99 Å². The molecule has 6 nitrogen and oxygen atoms in total. The maximum Gasteiger partial charge on any atom is 0.161 e. The van der Waals surface area contributed by atoms with Gasteiger partial charge in [0.2, 0.25) is 0 Å². The third-order valence-electron chi connectivity index (χ3n) is 4.32. The van der Waals surface area contributed by atoms with Crippen molar-refractivity contribution in [3.8, 4) is 0 Å². The molecule has 1 aliphatic rings. The van der Waals surface area contributed by atoms with Crippen molar-refractivity contribution in [2.75, 3.05) is 6.54 Å². The summed E-state index contributed by atoms with van der Waals surface area (Å²) in [4.78, 5) is 17.7. The lowest BCUT2D eigenvalue weighted by atomic mass is 10.1. The van der Waals surface area contributed by atoms with E-state index in [4.69, 9.17) is 0 Å². The van der Waals surface area contributed by atoms with Gasteiger partial charge in [0.15, 0.2) is 5.82 Å². The number of halogens is 1. The van der Waals surface area contributed by atoms with E-state index in [0.29, 0.717) is 31.0 Å². The molecule has 0 N–H and O–H groups in total. The van der Waals surface area contributed by atoms with Gasteiger partial charge in [0.25, 0.3) is 0 Å². The lowest BCUT2D eigenvalue weighted by Gasteiger charge is -2.14. The number of hydrogen-bond acceptors (Lipinski definition) is 4. The second-order valence-electron chi connectivity index (χ2n) is 6.03. The molecule has 0 unspecified atom stereocenters. The van der Waals surface area contributed by atoms with Crippen LogP contribution in [0.3, 0.4) is 0 Å². The van der Waals surface area contributed by atoms with Crippen LogP contribution in [-0.2, 0) is 13.0 Å². The van der Waals surface area contributed by atoms with Crippen LogP contribution in [0.15, 0.2) is 48.0 Å². The molecule has 3 aromatic heterocycles. The van der Waals surface area contributed by atoms with Crippen LogP contribution < -0.4 is 0 Å². The highest BCUT2D eigenvalue weighted by Gasteiger charge is 2.19. The molecule has 3 aromatic rings. The minimum atomic E-state index is -0.302. The van der Waals surface area contributed by atoms with Crippen LogP contribution in [0, 0.1) is 0 Å². The van der Waals surface area contributed by atoms with Gasteiger partial charge in [-0.1, -0.05) is 13.3 Å². The zero-order valence-electron chi connectivity index (χ0n) is 14.1. The fraction of sp³-hybridized carbons (Fsp3) is 0.333. The Bertz CT molecular complexity index is 965. The number of nitrogens with zero attached hydrogens (tertiary/aromatic N) is 6. The van der Waals surface area contributed by atoms with Gasteiger partial charge in [0.1, 0.15) is 23.5 Å². The van der Waals surface area contributed by atoms with E-state index < -0.39 is 0 Å². The number of aromatic nitrogens is 5. The van der Waals surface area contributed by atoms with E-state index in [1.165, 1.54) is 0 Å². The first kappa shape index (κ1) is 15.7. The molecular weight excluding hydrogens is 319 g/mol. The van der Waals surface area contributed by atoms with E-state index in [9.17, 15) is 4.39 Å². The second kappa shape index (κ2) is 6.58. The number of fused-ring (bicyclic) bond motifs is 1. The molecule has 0 spiro atoms. The highest BCUT2D eigenvalue weighted by Crippen LogP contribution is 2.19. The molecule has 4 rings (SSSR count). The van der Waals surface area contributed by atoms with Crippen LogP contribution in [0.25, 0.3) is 5.65 Å². The quantitative estimate of drug-likeness (QED) is 0.718. The van der Waals surface area contributed by atoms with Gasteiger partial charge in [-0.05, 0) is 18.9 Å². The number of aryl methyl sites for hydroxylation is 1. The summed E-state index contributed by atoms with van der Waals surface area (Å²) in [5.41, 5.74) is 3.31. The molecule has 25 heavy (non-hydrogen) atoms. The van der Waals surface area contributed by atoms with Crippen molar-refractivity contribution >= 4 is 11.4 Å². The van der Waals surface area contributed by atoms with Gasteiger partial charge < -0.3 is 4.57 Å². The van der Waals surface area contributed by atoms with E-state index in [1.54, 1.807) is 24.8 Å². The molecule has 0 bridgehead atoms. The van der Waals surface area contributed by atoms with Crippen molar-refractivity contribution < 1.29 is 4.39 Å². The van der Waals surface area contributed by atoms with E-state index in [-0.39, 0.29) is 5.83 Å². The molecule has 4 heterocycles. The van der Waals surface area contributed by atoms with Crippen LogP contribution in [0.1, 0.15) is 36.8 Å². The number of dihydropyridines is 1. The van der Waals surface area contributed by atoms with Crippen LogP contribution in [0.5, 0.6) is 0 Å². The van der Waals surface area contributed by atoms with Crippen molar-refractivity contribution in [3.05, 3.63) is 60.1 Å². The van der Waals surface area contributed by atoms with Gasteiger partial charge in [0.05, 0.1) is 12.2 Å². The highest BCUT2D eigenvalue weighted by molar-refractivity contribution is 6.09. The molecule has 1 aliphatic heterocycles.